The van der Waals surface area contributed by atoms with Crippen molar-refractivity contribution in [2.75, 3.05) is 11.5 Å². The van der Waals surface area contributed by atoms with E-state index in [4.69, 9.17) is 10.6 Å². The van der Waals surface area contributed by atoms with E-state index < -0.39 is 46.5 Å². The van der Waals surface area contributed by atoms with Crippen LogP contribution in [0.3, 0.4) is 0 Å². The molecule has 7 N–H and O–H groups in total. The van der Waals surface area contributed by atoms with E-state index >= 15 is 0 Å². The number of oxime groups is 1. The molecule has 0 bridgehead atoms. The highest BCUT2D eigenvalue weighted by molar-refractivity contribution is 8.00. The number of benzene rings is 2. The standard InChI is InChI=1S/C33H31N7O9S2/c1-33(2,31(47)48)49-37-24(20-15-51-32(34)35-20)27(43)36-25-28(44)40-26(30(45)46)18(14-50-29(25)40)9-8-16-4-6-17(7-5-16)12-39-21-11-23(42)22(41)10-19(21)13-38(39)3/h4-11,13,15,25,29H,12,14H2,1-3H3,(H6,34,35,36,41,43,45,46,47,48)/p+1/b9-8+,37-24-. The highest BCUT2D eigenvalue weighted by atomic mass is 32.2. The van der Waals surface area contributed by atoms with Crippen molar-refractivity contribution in [2.24, 2.45) is 12.2 Å². The molecular formula is C33H32N7O9S2+. The zero-order valence-corrected chi connectivity index (χ0v) is 28.9. The molecule has 264 valence electrons. The van der Waals surface area contributed by atoms with Crippen molar-refractivity contribution in [2.45, 2.75) is 37.4 Å². The van der Waals surface area contributed by atoms with E-state index in [0.29, 0.717) is 12.1 Å². The van der Waals surface area contributed by atoms with Gasteiger partial charge < -0.3 is 36.3 Å². The fraction of sp³-hybridized carbons (Fsp3) is 0.242. The topological polar surface area (TPSA) is 234 Å². The molecule has 0 spiro atoms. The Morgan fingerprint density at radius 3 is 2.51 bits per heavy atom. The summed E-state index contributed by atoms with van der Waals surface area (Å²) in [6.07, 6.45) is 5.24. The van der Waals surface area contributed by atoms with Crippen molar-refractivity contribution < 1.29 is 49.1 Å². The van der Waals surface area contributed by atoms with Gasteiger partial charge in [-0.25, -0.2) is 14.6 Å². The first kappa shape index (κ1) is 35.0. The number of amides is 2. The van der Waals surface area contributed by atoms with E-state index in [1.54, 1.807) is 12.2 Å². The molecule has 1 fully saturated rings. The highest BCUT2D eigenvalue weighted by Crippen LogP contribution is 2.41. The van der Waals surface area contributed by atoms with E-state index in [1.165, 1.54) is 43.1 Å². The number of carboxylic acids is 2. The Labute approximate surface area is 297 Å². The number of nitrogens with one attached hydrogen (secondary N) is 1. The van der Waals surface area contributed by atoms with Crippen LogP contribution < -0.4 is 15.7 Å². The van der Waals surface area contributed by atoms with Crippen molar-refractivity contribution in [3.63, 3.8) is 0 Å². The van der Waals surface area contributed by atoms with E-state index in [-0.39, 0.29) is 33.8 Å². The maximum absolute atomic E-state index is 13.3. The van der Waals surface area contributed by atoms with Gasteiger partial charge in [0.15, 0.2) is 28.9 Å². The summed E-state index contributed by atoms with van der Waals surface area (Å²) in [5.41, 5.74) is 6.24. The van der Waals surface area contributed by atoms with Crippen LogP contribution in [0.1, 0.15) is 30.7 Å². The number of hydrogen-bond acceptors (Lipinski definition) is 12. The summed E-state index contributed by atoms with van der Waals surface area (Å²) in [6.45, 7) is 2.96. The Morgan fingerprint density at radius 1 is 1.16 bits per heavy atom. The van der Waals surface area contributed by atoms with E-state index in [1.807, 2.05) is 46.9 Å². The second kappa shape index (κ2) is 13.4. The number of anilines is 1. The molecule has 2 aliphatic heterocycles. The van der Waals surface area contributed by atoms with Gasteiger partial charge in [-0.15, -0.1) is 27.8 Å². The molecule has 51 heavy (non-hydrogen) atoms. The number of thioether (sulfide) groups is 1. The largest absolute Gasteiger partial charge is 0.504 e. The number of thiazole rings is 1. The van der Waals surface area contributed by atoms with Crippen LogP contribution in [-0.4, -0.2) is 87.2 Å². The highest BCUT2D eigenvalue weighted by Gasteiger charge is 2.54. The van der Waals surface area contributed by atoms with Gasteiger partial charge in [0.2, 0.25) is 11.1 Å². The smallest absolute Gasteiger partial charge is 0.352 e. The molecule has 2 aromatic carbocycles. The van der Waals surface area contributed by atoms with Gasteiger partial charge in [0.1, 0.15) is 22.8 Å². The normalized spacial score (nSPS) is 17.8. The third-order valence-corrected chi connectivity index (χ3v) is 10.2. The number of aliphatic carboxylic acids is 2. The molecule has 2 amide bonds. The van der Waals surface area contributed by atoms with E-state index in [9.17, 15) is 39.6 Å². The number of nitrogens with two attached hydrogens (primary N) is 1. The number of phenols is 2. The van der Waals surface area contributed by atoms with Crippen molar-refractivity contribution >= 4 is 74.7 Å². The second-order valence-corrected chi connectivity index (χ2v) is 14.2. The van der Waals surface area contributed by atoms with Crippen LogP contribution in [0.25, 0.3) is 17.0 Å². The Balaban J connectivity index is 1.16. The number of carbonyl (C=O) groups excluding carboxylic acids is 2. The summed E-state index contributed by atoms with van der Waals surface area (Å²) in [5, 5.41) is 47.2. The SMILES string of the molecule is Cn1cc2cc(O)c(O)cc2[n+]1Cc1ccc(/C=C/C2=C(C(=O)O)N3C(=O)C(NC(=O)/C(=N\OC(C)(C)C(=O)O)c4csc(N)n4)C3SC2)cc1. The molecule has 18 heteroatoms. The molecule has 4 aromatic rings. The van der Waals surface area contributed by atoms with Gasteiger partial charge in [-0.3, -0.25) is 14.5 Å². The minimum Gasteiger partial charge on any atom is -0.504 e. The van der Waals surface area contributed by atoms with Gasteiger partial charge >= 0.3 is 11.9 Å². The van der Waals surface area contributed by atoms with Crippen LogP contribution in [0.5, 0.6) is 11.5 Å². The number of phenolic OH excluding ortho intramolecular Hbond substituents is 2. The third-order valence-electron chi connectivity index (χ3n) is 8.24. The summed E-state index contributed by atoms with van der Waals surface area (Å²) in [6, 6.07) is 9.49. The molecule has 16 nitrogen and oxygen atoms in total. The molecule has 4 heterocycles. The number of β-lactam (4-membered cyclic amide) rings is 1. The number of nitrogens with zero attached hydrogens (tertiary/aromatic N) is 5. The molecule has 0 radical (unpaired) electrons. The van der Waals surface area contributed by atoms with Crippen molar-refractivity contribution in [1.29, 1.82) is 0 Å². The van der Waals surface area contributed by atoms with Crippen LogP contribution >= 0.6 is 23.1 Å². The predicted molar refractivity (Wildman–Crippen MR) is 187 cm³/mol. The summed E-state index contributed by atoms with van der Waals surface area (Å²) < 4.78 is 3.80. The van der Waals surface area contributed by atoms with Gasteiger partial charge in [-0.05, 0) is 31.1 Å². The van der Waals surface area contributed by atoms with Crippen molar-refractivity contribution in [3.8, 4) is 11.5 Å². The van der Waals surface area contributed by atoms with Gasteiger partial charge in [0.25, 0.3) is 11.8 Å². The molecule has 2 unspecified atom stereocenters. The molecule has 2 aromatic heterocycles. The van der Waals surface area contributed by atoms with E-state index in [2.05, 4.69) is 15.5 Å². The maximum atomic E-state index is 13.3. The van der Waals surface area contributed by atoms with E-state index in [0.717, 1.165) is 38.3 Å². The molecule has 2 atom stereocenters. The number of allylic oxidation sites excluding steroid dienone is 1. The number of rotatable bonds is 11. The first-order valence-corrected chi connectivity index (χ1v) is 17.2. The number of aryl methyl sites for hydroxylation is 1. The van der Waals surface area contributed by atoms with Crippen molar-refractivity contribution in [1.82, 2.24) is 19.9 Å². The number of nitrogen functional groups attached to an aromatic ring is 1. The van der Waals surface area contributed by atoms with Gasteiger partial charge in [0.05, 0.1) is 24.7 Å². The lowest BCUT2D eigenvalue weighted by Gasteiger charge is -2.49. The first-order chi connectivity index (χ1) is 24.1. The molecule has 2 aliphatic rings. The average molecular weight is 735 g/mol. The fourth-order valence-electron chi connectivity index (χ4n) is 5.43. The number of aromatic nitrogens is 3. The molecular weight excluding hydrogens is 703 g/mol. The molecule has 0 saturated carbocycles. The minimum absolute atomic E-state index is 0.0105. The van der Waals surface area contributed by atoms with Crippen LogP contribution in [0.4, 0.5) is 5.13 Å². The first-order valence-electron chi connectivity index (χ1n) is 15.3. The summed E-state index contributed by atoms with van der Waals surface area (Å²) in [4.78, 5) is 60.8. The number of carbonyl (C=O) groups is 4. The molecule has 6 rings (SSSR count). The zero-order valence-electron chi connectivity index (χ0n) is 27.3. The lowest BCUT2D eigenvalue weighted by molar-refractivity contribution is -0.743. The monoisotopic (exact) mass is 734 g/mol. The fourth-order valence-corrected chi connectivity index (χ4v) is 7.30. The molecule has 1 saturated heterocycles. The number of carboxylic acid groups (broad SMARTS) is 2. The van der Waals surface area contributed by atoms with Crippen LogP contribution in [-0.2, 0) is 37.6 Å². The summed E-state index contributed by atoms with van der Waals surface area (Å²) >= 11 is 2.29. The Kier molecular flexibility index (Phi) is 9.22. The minimum atomic E-state index is -1.78. The third kappa shape index (κ3) is 6.82. The lowest BCUT2D eigenvalue weighted by Crippen LogP contribution is -2.71. The van der Waals surface area contributed by atoms with Gasteiger partial charge in [-0.2, -0.15) is 4.68 Å². The Hall–Kier alpha value is -5.88. The number of fused-ring (bicyclic) bond motifs is 2. The zero-order chi connectivity index (χ0) is 36.8. The quantitative estimate of drug-likeness (QED) is 0.0427. The average Bonchev–Trinajstić information content (AvgIpc) is 3.64. The Morgan fingerprint density at radius 2 is 1.86 bits per heavy atom. The summed E-state index contributed by atoms with van der Waals surface area (Å²) in [7, 11) is 1.86. The lowest BCUT2D eigenvalue weighted by atomic mass is 10.0. The Bertz CT molecular complexity index is 2190. The van der Waals surface area contributed by atoms with Crippen LogP contribution in [0, 0.1) is 0 Å². The molecule has 0 aliphatic carbocycles. The number of hydrogen-bond donors (Lipinski definition) is 6. The van der Waals surface area contributed by atoms with Crippen molar-refractivity contribution in [3.05, 3.63) is 82.1 Å². The number of aromatic hydroxyl groups is 2. The van der Waals surface area contributed by atoms with Gasteiger partial charge in [-0.1, -0.05) is 41.6 Å². The summed E-state index contributed by atoms with van der Waals surface area (Å²) in [5.74, 6) is -4.34. The predicted octanol–water partition coefficient (Wildman–Crippen LogP) is 2.00. The van der Waals surface area contributed by atoms with Crippen LogP contribution in [0.15, 0.2) is 70.5 Å². The van der Waals surface area contributed by atoms with Gasteiger partial charge in [0, 0.05) is 16.7 Å². The maximum Gasteiger partial charge on any atom is 0.352 e. The van der Waals surface area contributed by atoms with Crippen LogP contribution in [0.2, 0.25) is 0 Å². The second-order valence-electron chi connectivity index (χ2n) is 12.2.